The van der Waals surface area contributed by atoms with Gasteiger partial charge in [-0.3, -0.25) is 4.79 Å². The lowest BCUT2D eigenvalue weighted by Crippen LogP contribution is -2.52. The molecule has 0 aliphatic carbocycles. The second-order valence-corrected chi connectivity index (χ2v) is 8.45. The predicted molar refractivity (Wildman–Crippen MR) is 120 cm³/mol. The summed E-state index contributed by atoms with van der Waals surface area (Å²) in [5.41, 5.74) is 2.96. The first-order chi connectivity index (χ1) is 15.0. The first-order valence-electron chi connectivity index (χ1n) is 10.7. The zero-order valence-electron chi connectivity index (χ0n) is 17.9. The third kappa shape index (κ3) is 4.67. The van der Waals surface area contributed by atoms with E-state index in [0.717, 1.165) is 29.3 Å². The fourth-order valence-electron chi connectivity index (χ4n) is 4.10. The number of hydrogen-bond acceptors (Lipinski definition) is 4. The quantitative estimate of drug-likeness (QED) is 0.558. The van der Waals surface area contributed by atoms with Gasteiger partial charge in [-0.1, -0.05) is 48.0 Å². The maximum absolute atomic E-state index is 14.0. The van der Waals surface area contributed by atoms with E-state index in [9.17, 15) is 9.18 Å². The molecule has 0 unspecified atom stereocenters. The van der Waals surface area contributed by atoms with Gasteiger partial charge >= 0.3 is 0 Å². The molecule has 0 amide bonds. The number of halogens is 1. The maximum atomic E-state index is 14.0. The van der Waals surface area contributed by atoms with E-state index in [1.807, 2.05) is 55.5 Å². The minimum Gasteiger partial charge on any atom is -0.477 e. The Hall–Kier alpha value is -3.05. The van der Waals surface area contributed by atoms with E-state index >= 15 is 0 Å². The molecule has 1 fully saturated rings. The molecule has 0 radical (unpaired) electrons. The van der Waals surface area contributed by atoms with Crippen molar-refractivity contribution in [2.24, 2.45) is 5.41 Å². The Balaban J connectivity index is 1.69. The van der Waals surface area contributed by atoms with Gasteiger partial charge in [0.1, 0.15) is 12.4 Å². The summed E-state index contributed by atoms with van der Waals surface area (Å²) < 4.78 is 19.1. The van der Waals surface area contributed by atoms with E-state index in [1.54, 1.807) is 0 Å². The lowest BCUT2D eigenvalue weighted by atomic mass is 9.72. The third-order valence-corrected chi connectivity index (χ3v) is 6.03. The van der Waals surface area contributed by atoms with E-state index < -0.39 is 11.2 Å². The molecule has 2 atom stereocenters. The number of ketones is 1. The van der Waals surface area contributed by atoms with Crippen LogP contribution in [0.5, 0.6) is 5.88 Å². The Morgan fingerprint density at radius 1 is 1.19 bits per heavy atom. The standard InChI is InChI=1S/C26H27FN2O2/c1-18-8-10-22(20-6-4-3-5-7-20)23(14-18)25(30)26(13-12-19(2)29-16-26)17-31-24-11-9-21(27)15-28-24/h3-11,14-15,19,29H,12-13,16-17H2,1-2H3/t19-,26-/m1/s1. The predicted octanol–water partition coefficient (Wildman–Crippen LogP) is 5.22. The fraction of sp³-hybridized carbons (Fsp3) is 0.308. The number of aromatic nitrogens is 1. The van der Waals surface area contributed by atoms with Gasteiger partial charge in [-0.15, -0.1) is 0 Å². The van der Waals surface area contributed by atoms with Crippen molar-refractivity contribution in [1.82, 2.24) is 10.3 Å². The van der Waals surface area contributed by atoms with Gasteiger partial charge in [0.2, 0.25) is 5.88 Å². The highest BCUT2D eigenvalue weighted by Gasteiger charge is 2.43. The number of nitrogens with one attached hydrogen (secondary N) is 1. The molecule has 0 saturated carbocycles. The van der Waals surface area contributed by atoms with Crippen molar-refractivity contribution < 1.29 is 13.9 Å². The fourth-order valence-corrected chi connectivity index (χ4v) is 4.10. The largest absolute Gasteiger partial charge is 0.477 e. The monoisotopic (exact) mass is 418 g/mol. The molecular weight excluding hydrogens is 391 g/mol. The molecule has 1 aliphatic heterocycles. The average Bonchev–Trinajstić information content (AvgIpc) is 2.80. The van der Waals surface area contributed by atoms with Crippen LogP contribution in [0.3, 0.4) is 0 Å². The highest BCUT2D eigenvalue weighted by atomic mass is 19.1. The smallest absolute Gasteiger partial charge is 0.213 e. The van der Waals surface area contributed by atoms with E-state index in [4.69, 9.17) is 4.74 Å². The molecular formula is C26H27FN2O2. The van der Waals surface area contributed by atoms with Gasteiger partial charge < -0.3 is 10.1 Å². The zero-order valence-corrected chi connectivity index (χ0v) is 17.9. The number of aryl methyl sites for hydroxylation is 1. The summed E-state index contributed by atoms with van der Waals surface area (Å²) in [4.78, 5) is 18.0. The number of carbonyl (C=O) groups is 1. The Kier molecular flexibility index (Phi) is 6.14. The second kappa shape index (κ2) is 8.98. The molecule has 3 aromatic rings. The molecule has 0 spiro atoms. The van der Waals surface area contributed by atoms with E-state index in [1.165, 1.54) is 12.1 Å². The number of ether oxygens (including phenoxy) is 1. The van der Waals surface area contributed by atoms with Crippen molar-refractivity contribution in [3.8, 4) is 17.0 Å². The van der Waals surface area contributed by atoms with Crippen LogP contribution in [0.2, 0.25) is 0 Å². The van der Waals surface area contributed by atoms with Gasteiger partial charge in [-0.25, -0.2) is 9.37 Å². The third-order valence-electron chi connectivity index (χ3n) is 6.03. The summed E-state index contributed by atoms with van der Waals surface area (Å²) in [6.07, 6.45) is 2.71. The lowest BCUT2D eigenvalue weighted by Gasteiger charge is -2.38. The number of carbonyl (C=O) groups excluding carboxylic acids is 1. The van der Waals surface area contributed by atoms with Crippen LogP contribution in [0.4, 0.5) is 4.39 Å². The SMILES string of the molecule is Cc1ccc(-c2ccccc2)c(C(=O)[C@]2(COc3ccc(F)cn3)CC[C@@H](C)NC2)c1. The van der Waals surface area contributed by atoms with Crippen LogP contribution in [0.1, 0.15) is 35.7 Å². The average molecular weight is 419 g/mol. The van der Waals surface area contributed by atoms with Crippen LogP contribution < -0.4 is 10.1 Å². The van der Waals surface area contributed by atoms with Crippen LogP contribution in [0.15, 0.2) is 66.9 Å². The minimum atomic E-state index is -0.722. The summed E-state index contributed by atoms with van der Waals surface area (Å²) in [6.45, 7) is 4.83. The van der Waals surface area contributed by atoms with Gasteiger partial charge in [0, 0.05) is 24.2 Å². The molecule has 2 aromatic carbocycles. The van der Waals surface area contributed by atoms with E-state index in [-0.39, 0.29) is 12.4 Å². The Bertz CT molecular complexity index is 1040. The van der Waals surface area contributed by atoms with Gasteiger partial charge in [-0.2, -0.15) is 0 Å². The summed E-state index contributed by atoms with van der Waals surface area (Å²) in [5.74, 6) is -0.0325. The number of benzene rings is 2. The Labute approximate surface area is 182 Å². The number of pyridine rings is 1. The van der Waals surface area contributed by atoms with Crippen molar-refractivity contribution in [3.05, 3.63) is 83.8 Å². The number of Topliss-reactive ketones (excluding diaryl/α,β-unsaturated/α-hetero) is 1. The number of rotatable bonds is 6. The van der Waals surface area contributed by atoms with Crippen LogP contribution in [0, 0.1) is 18.2 Å². The molecule has 1 N–H and O–H groups in total. The molecule has 1 aromatic heterocycles. The van der Waals surface area contributed by atoms with Gasteiger partial charge in [0.15, 0.2) is 5.78 Å². The molecule has 5 heteroatoms. The highest BCUT2D eigenvalue weighted by molar-refractivity contribution is 6.06. The van der Waals surface area contributed by atoms with Crippen molar-refractivity contribution >= 4 is 5.78 Å². The Morgan fingerprint density at radius 3 is 2.68 bits per heavy atom. The zero-order chi connectivity index (χ0) is 21.8. The van der Waals surface area contributed by atoms with E-state index in [2.05, 4.69) is 17.2 Å². The van der Waals surface area contributed by atoms with Crippen LogP contribution in [-0.4, -0.2) is 30.0 Å². The molecule has 2 heterocycles. The van der Waals surface area contributed by atoms with Crippen molar-refractivity contribution in [3.63, 3.8) is 0 Å². The summed E-state index contributed by atoms with van der Waals surface area (Å²) >= 11 is 0. The number of nitrogens with zero attached hydrogens (tertiary/aromatic N) is 1. The number of hydrogen-bond donors (Lipinski definition) is 1. The minimum absolute atomic E-state index is 0.0663. The second-order valence-electron chi connectivity index (χ2n) is 8.45. The molecule has 160 valence electrons. The molecule has 1 saturated heterocycles. The Morgan fingerprint density at radius 2 is 2.00 bits per heavy atom. The molecule has 31 heavy (non-hydrogen) atoms. The van der Waals surface area contributed by atoms with Gasteiger partial charge in [-0.05, 0) is 49.9 Å². The topological polar surface area (TPSA) is 51.2 Å². The van der Waals surface area contributed by atoms with Gasteiger partial charge in [0.05, 0.1) is 11.6 Å². The molecule has 1 aliphatic rings. The van der Waals surface area contributed by atoms with Crippen molar-refractivity contribution in [1.29, 1.82) is 0 Å². The van der Waals surface area contributed by atoms with Crippen molar-refractivity contribution in [2.45, 2.75) is 32.7 Å². The van der Waals surface area contributed by atoms with Crippen molar-refractivity contribution in [2.75, 3.05) is 13.2 Å². The summed E-state index contributed by atoms with van der Waals surface area (Å²) in [7, 11) is 0. The molecule has 4 rings (SSSR count). The summed E-state index contributed by atoms with van der Waals surface area (Å²) in [5, 5.41) is 3.46. The van der Waals surface area contributed by atoms with Crippen LogP contribution >= 0.6 is 0 Å². The first kappa shape index (κ1) is 21.2. The molecule has 4 nitrogen and oxygen atoms in total. The lowest BCUT2D eigenvalue weighted by molar-refractivity contribution is 0.0559. The van der Waals surface area contributed by atoms with Gasteiger partial charge in [0.25, 0.3) is 0 Å². The normalized spacial score (nSPS) is 20.9. The van der Waals surface area contributed by atoms with Crippen LogP contribution in [-0.2, 0) is 0 Å². The van der Waals surface area contributed by atoms with E-state index in [0.29, 0.717) is 30.5 Å². The van der Waals surface area contributed by atoms with Crippen LogP contribution in [0.25, 0.3) is 11.1 Å². The summed E-state index contributed by atoms with van der Waals surface area (Å²) in [6, 6.07) is 19.1. The maximum Gasteiger partial charge on any atom is 0.213 e. The highest BCUT2D eigenvalue weighted by Crippen LogP contribution is 2.36. The molecule has 0 bridgehead atoms. The number of piperidine rings is 1. The first-order valence-corrected chi connectivity index (χ1v) is 10.7.